The number of hydrogen-bond acceptors (Lipinski definition) is 3. The van der Waals surface area contributed by atoms with Gasteiger partial charge in [0.1, 0.15) is 5.75 Å². The largest absolute Gasteiger partial charge is 0.427 e. The van der Waals surface area contributed by atoms with Gasteiger partial charge in [0.25, 0.3) is 0 Å². The van der Waals surface area contributed by atoms with Gasteiger partial charge < -0.3 is 4.74 Å². The summed E-state index contributed by atoms with van der Waals surface area (Å²) < 4.78 is 5.52. The third kappa shape index (κ3) is 8.24. The maximum atomic E-state index is 12.1. The average Bonchev–Trinajstić information content (AvgIpc) is 2.90. The topological polar surface area (TPSA) is 50.1 Å². The molecule has 3 heteroatoms. The number of nitriles is 1. The van der Waals surface area contributed by atoms with Crippen molar-refractivity contribution < 1.29 is 9.53 Å². The van der Waals surface area contributed by atoms with E-state index >= 15 is 0 Å². The molecule has 2 aromatic rings. The number of ether oxygens (including phenoxy) is 1. The number of esters is 1. The van der Waals surface area contributed by atoms with Crippen LogP contribution in [0, 0.1) is 16.7 Å². The van der Waals surface area contributed by atoms with Crippen LogP contribution in [0.25, 0.3) is 11.1 Å². The molecule has 0 amide bonds. The van der Waals surface area contributed by atoms with E-state index in [1.54, 1.807) is 0 Å². The van der Waals surface area contributed by atoms with Gasteiger partial charge in [-0.15, -0.1) is 0 Å². The first kappa shape index (κ1) is 27.0. The van der Waals surface area contributed by atoms with Crippen molar-refractivity contribution in [1.29, 1.82) is 5.26 Å². The van der Waals surface area contributed by atoms with E-state index in [9.17, 15) is 10.1 Å². The van der Waals surface area contributed by atoms with Crippen molar-refractivity contribution in [1.82, 2.24) is 0 Å². The molecule has 1 fully saturated rings. The zero-order chi connectivity index (χ0) is 24.9. The normalized spacial score (nSPS) is 19.7. The van der Waals surface area contributed by atoms with Crippen LogP contribution in [-0.2, 0) is 4.79 Å². The van der Waals surface area contributed by atoms with Crippen LogP contribution in [0.15, 0.2) is 48.5 Å². The number of carbonyl (C=O) groups excluding carboxylic acids is 1. The molecule has 0 bridgehead atoms. The van der Waals surface area contributed by atoms with Gasteiger partial charge in [-0.1, -0.05) is 95.2 Å². The smallest absolute Gasteiger partial charge is 0.311 e. The Morgan fingerprint density at radius 1 is 0.857 bits per heavy atom. The van der Waals surface area contributed by atoms with Crippen LogP contribution in [0.1, 0.15) is 115 Å². The highest BCUT2D eigenvalue weighted by atomic mass is 16.5. The Morgan fingerprint density at radius 3 is 2.03 bits per heavy atom. The van der Waals surface area contributed by atoms with Crippen molar-refractivity contribution in [3.8, 4) is 22.9 Å². The van der Waals surface area contributed by atoms with Crippen molar-refractivity contribution in [3.05, 3.63) is 54.1 Å². The summed E-state index contributed by atoms with van der Waals surface area (Å²) in [4.78, 5) is 12.1. The van der Waals surface area contributed by atoms with Crippen molar-refractivity contribution in [3.63, 3.8) is 0 Å². The van der Waals surface area contributed by atoms with Crippen LogP contribution in [0.5, 0.6) is 5.75 Å². The molecule has 0 N–H and O–H groups in total. The van der Waals surface area contributed by atoms with E-state index in [0.717, 1.165) is 63.4 Å². The first-order valence-corrected chi connectivity index (χ1v) is 13.9. The van der Waals surface area contributed by atoms with Gasteiger partial charge in [0.15, 0.2) is 0 Å². The summed E-state index contributed by atoms with van der Waals surface area (Å²) in [6, 6.07) is 19.4. The van der Waals surface area contributed by atoms with Crippen LogP contribution in [-0.4, -0.2) is 5.97 Å². The fourth-order valence-electron chi connectivity index (χ4n) is 5.33. The molecule has 0 saturated heterocycles. The van der Waals surface area contributed by atoms with Gasteiger partial charge in [0.2, 0.25) is 0 Å². The van der Waals surface area contributed by atoms with Gasteiger partial charge in [-0.05, 0) is 73.3 Å². The fourth-order valence-corrected chi connectivity index (χ4v) is 5.33. The molecule has 0 aliphatic heterocycles. The second kappa shape index (κ2) is 14.1. The predicted octanol–water partition coefficient (Wildman–Crippen LogP) is 9.37. The number of unbranched alkanes of at least 4 members (excludes halogenated alkanes) is 6. The van der Waals surface area contributed by atoms with Gasteiger partial charge in [-0.3, -0.25) is 4.79 Å². The lowest BCUT2D eigenvalue weighted by molar-refractivity contribution is -0.134. The number of rotatable bonds is 13. The second-order valence-electron chi connectivity index (χ2n) is 10.4. The first-order valence-electron chi connectivity index (χ1n) is 13.9. The quantitative estimate of drug-likeness (QED) is 0.165. The van der Waals surface area contributed by atoms with E-state index in [1.807, 2.05) is 24.3 Å². The lowest BCUT2D eigenvalue weighted by atomic mass is 9.67. The minimum absolute atomic E-state index is 0.0910. The molecule has 0 unspecified atom stereocenters. The lowest BCUT2D eigenvalue weighted by Crippen LogP contribution is -2.25. The molecule has 3 rings (SSSR count). The Kier molecular flexibility index (Phi) is 10.9. The number of hydrogen-bond donors (Lipinski definition) is 0. The lowest BCUT2D eigenvalue weighted by Gasteiger charge is -2.35. The molecular weight excluding hydrogens is 430 g/mol. The van der Waals surface area contributed by atoms with E-state index in [0.29, 0.717) is 18.1 Å². The van der Waals surface area contributed by atoms with E-state index in [4.69, 9.17) is 4.74 Å². The maximum absolute atomic E-state index is 12.1. The van der Waals surface area contributed by atoms with Crippen LogP contribution in [0.4, 0.5) is 0 Å². The van der Waals surface area contributed by atoms with E-state index in [1.165, 1.54) is 36.8 Å². The van der Waals surface area contributed by atoms with Crippen LogP contribution >= 0.6 is 0 Å². The summed E-state index contributed by atoms with van der Waals surface area (Å²) in [5, 5.41) is 9.75. The van der Waals surface area contributed by atoms with E-state index < -0.39 is 0 Å². The number of carbonyl (C=O) groups is 1. The summed E-state index contributed by atoms with van der Waals surface area (Å²) in [5.41, 5.74) is 3.59. The van der Waals surface area contributed by atoms with Gasteiger partial charge in [0, 0.05) is 6.42 Å². The van der Waals surface area contributed by atoms with Crippen molar-refractivity contribution in [2.75, 3.05) is 0 Å². The monoisotopic (exact) mass is 473 g/mol. The van der Waals surface area contributed by atoms with Crippen LogP contribution < -0.4 is 4.74 Å². The van der Waals surface area contributed by atoms with E-state index in [2.05, 4.69) is 44.2 Å². The highest BCUT2D eigenvalue weighted by Gasteiger charge is 2.35. The zero-order valence-electron chi connectivity index (χ0n) is 21.9. The number of benzene rings is 2. The van der Waals surface area contributed by atoms with Crippen molar-refractivity contribution in [2.24, 2.45) is 5.41 Å². The predicted molar refractivity (Wildman–Crippen MR) is 144 cm³/mol. The standard InChI is InChI=1S/C32H43NO2/c1-3-5-7-8-9-10-11-31(34)35-30-18-16-28(17-19-30)26-12-14-27(15-13-26)29-20-23-32(25-33,24-21-29)22-6-4-2/h12-19,29H,3-11,20-24H2,1-2H3. The Hall–Kier alpha value is -2.60. The van der Waals surface area contributed by atoms with Gasteiger partial charge in [-0.2, -0.15) is 5.26 Å². The van der Waals surface area contributed by atoms with Crippen molar-refractivity contribution in [2.45, 2.75) is 110 Å². The Morgan fingerprint density at radius 2 is 1.43 bits per heavy atom. The van der Waals surface area contributed by atoms with E-state index in [-0.39, 0.29) is 11.4 Å². The molecular formula is C32H43NO2. The van der Waals surface area contributed by atoms with Gasteiger partial charge >= 0.3 is 5.97 Å². The zero-order valence-corrected chi connectivity index (χ0v) is 21.9. The van der Waals surface area contributed by atoms with Gasteiger partial charge in [-0.25, -0.2) is 0 Å². The number of nitrogens with zero attached hydrogens (tertiary/aromatic N) is 1. The molecule has 2 aromatic carbocycles. The molecule has 1 aliphatic carbocycles. The summed E-state index contributed by atoms with van der Waals surface area (Å²) in [6.07, 6.45) is 15.1. The minimum Gasteiger partial charge on any atom is -0.427 e. The van der Waals surface area contributed by atoms with Crippen molar-refractivity contribution >= 4 is 5.97 Å². The molecule has 1 saturated carbocycles. The molecule has 0 aromatic heterocycles. The fraction of sp³-hybridized carbons (Fsp3) is 0.562. The second-order valence-corrected chi connectivity index (χ2v) is 10.4. The average molecular weight is 474 g/mol. The maximum Gasteiger partial charge on any atom is 0.311 e. The molecule has 0 radical (unpaired) electrons. The third-order valence-corrected chi connectivity index (χ3v) is 7.72. The summed E-state index contributed by atoms with van der Waals surface area (Å²) >= 11 is 0. The molecule has 3 nitrogen and oxygen atoms in total. The first-order chi connectivity index (χ1) is 17.1. The molecule has 0 spiro atoms. The molecule has 188 valence electrons. The highest BCUT2D eigenvalue weighted by molar-refractivity contribution is 5.73. The summed E-state index contributed by atoms with van der Waals surface area (Å²) in [6.45, 7) is 4.42. The van der Waals surface area contributed by atoms with Gasteiger partial charge in [0.05, 0.1) is 11.5 Å². The molecule has 1 aliphatic rings. The Bertz CT molecular complexity index is 931. The SMILES string of the molecule is CCCCCCCCC(=O)Oc1ccc(-c2ccc(C3CCC(C#N)(CCCC)CC3)cc2)cc1. The highest BCUT2D eigenvalue weighted by Crippen LogP contribution is 2.45. The minimum atomic E-state index is -0.139. The molecule has 35 heavy (non-hydrogen) atoms. The Balaban J connectivity index is 1.47. The summed E-state index contributed by atoms with van der Waals surface area (Å²) in [5.74, 6) is 1.04. The molecule has 0 heterocycles. The summed E-state index contributed by atoms with van der Waals surface area (Å²) in [7, 11) is 0. The van der Waals surface area contributed by atoms with Crippen LogP contribution in [0.3, 0.4) is 0 Å². The molecule has 0 atom stereocenters. The van der Waals surface area contributed by atoms with Crippen LogP contribution in [0.2, 0.25) is 0 Å². The Labute approximate surface area is 212 Å². The third-order valence-electron chi connectivity index (χ3n) is 7.72.